The SMILES string of the molecule is CCCN(C)C(=O)N[C@@H](c1ccc(Cl)cc1)[C@@H]1CN(C)CCO1. The zero-order chi connectivity index (χ0) is 16.8. The highest BCUT2D eigenvalue weighted by Crippen LogP contribution is 2.24. The van der Waals surface area contributed by atoms with Crippen molar-refractivity contribution in [3.05, 3.63) is 34.9 Å². The van der Waals surface area contributed by atoms with E-state index in [1.54, 1.807) is 4.90 Å². The molecule has 1 aromatic rings. The van der Waals surface area contributed by atoms with E-state index in [2.05, 4.69) is 24.2 Å². The van der Waals surface area contributed by atoms with Gasteiger partial charge in [0.05, 0.1) is 18.8 Å². The topological polar surface area (TPSA) is 44.8 Å². The fraction of sp³-hybridized carbons (Fsp3) is 0.588. The van der Waals surface area contributed by atoms with E-state index in [1.165, 1.54) is 0 Å². The monoisotopic (exact) mass is 339 g/mol. The zero-order valence-corrected chi connectivity index (χ0v) is 14.8. The molecule has 5 nitrogen and oxygen atoms in total. The van der Waals surface area contributed by atoms with Crippen LogP contribution in [0.1, 0.15) is 24.9 Å². The minimum absolute atomic E-state index is 0.0751. The van der Waals surface area contributed by atoms with Gasteiger partial charge in [-0.2, -0.15) is 0 Å². The third-order valence-electron chi connectivity index (χ3n) is 4.08. The molecule has 1 saturated heterocycles. The van der Waals surface area contributed by atoms with Crippen LogP contribution in [0.5, 0.6) is 0 Å². The highest BCUT2D eigenvalue weighted by Gasteiger charge is 2.30. The molecule has 1 aromatic carbocycles. The van der Waals surface area contributed by atoms with E-state index in [4.69, 9.17) is 16.3 Å². The molecule has 0 aliphatic carbocycles. The third kappa shape index (κ3) is 5.09. The van der Waals surface area contributed by atoms with E-state index in [0.717, 1.165) is 31.6 Å². The summed E-state index contributed by atoms with van der Waals surface area (Å²) in [5.41, 5.74) is 1.01. The van der Waals surface area contributed by atoms with Crippen LogP contribution in [0, 0.1) is 0 Å². The number of carbonyl (C=O) groups excluding carboxylic acids is 1. The number of likely N-dealkylation sites (N-methyl/N-ethyl adjacent to an activating group) is 1. The fourth-order valence-corrected chi connectivity index (χ4v) is 2.88. The quantitative estimate of drug-likeness (QED) is 0.897. The molecule has 6 heteroatoms. The van der Waals surface area contributed by atoms with Crippen molar-refractivity contribution in [2.45, 2.75) is 25.5 Å². The van der Waals surface area contributed by atoms with Crippen LogP contribution in [-0.2, 0) is 4.74 Å². The van der Waals surface area contributed by atoms with Gasteiger partial charge in [0.2, 0.25) is 0 Å². The molecule has 0 unspecified atom stereocenters. The summed E-state index contributed by atoms with van der Waals surface area (Å²) in [6, 6.07) is 7.32. The van der Waals surface area contributed by atoms with Crippen LogP contribution in [0.3, 0.4) is 0 Å². The van der Waals surface area contributed by atoms with Crippen molar-refractivity contribution >= 4 is 17.6 Å². The first-order chi connectivity index (χ1) is 11.0. The molecule has 1 N–H and O–H groups in total. The number of ether oxygens (including phenoxy) is 1. The van der Waals surface area contributed by atoms with Gasteiger partial charge in [-0.1, -0.05) is 30.7 Å². The van der Waals surface area contributed by atoms with Crippen LogP contribution in [0.25, 0.3) is 0 Å². The molecule has 0 bridgehead atoms. The summed E-state index contributed by atoms with van der Waals surface area (Å²) in [5, 5.41) is 3.80. The molecule has 1 aliphatic heterocycles. The largest absolute Gasteiger partial charge is 0.373 e. The second-order valence-electron chi connectivity index (χ2n) is 6.07. The molecule has 0 spiro atoms. The molecular weight excluding hydrogens is 314 g/mol. The van der Waals surface area contributed by atoms with Gasteiger partial charge >= 0.3 is 6.03 Å². The number of rotatable bonds is 5. The van der Waals surface area contributed by atoms with Crippen LogP contribution < -0.4 is 5.32 Å². The summed E-state index contributed by atoms with van der Waals surface area (Å²) in [6.07, 6.45) is 0.854. The Morgan fingerprint density at radius 3 is 2.78 bits per heavy atom. The third-order valence-corrected chi connectivity index (χ3v) is 4.33. The van der Waals surface area contributed by atoms with Crippen LogP contribution in [0.4, 0.5) is 4.79 Å². The summed E-state index contributed by atoms with van der Waals surface area (Å²) in [5.74, 6) is 0. The number of urea groups is 1. The van der Waals surface area contributed by atoms with Crippen LogP contribution >= 0.6 is 11.6 Å². The van der Waals surface area contributed by atoms with Crippen LogP contribution in [0.15, 0.2) is 24.3 Å². The number of benzene rings is 1. The Bertz CT molecular complexity index is 509. The van der Waals surface area contributed by atoms with Gasteiger partial charge in [-0.05, 0) is 31.2 Å². The highest BCUT2D eigenvalue weighted by molar-refractivity contribution is 6.30. The molecule has 23 heavy (non-hydrogen) atoms. The Hall–Kier alpha value is -1.30. The number of carbonyl (C=O) groups is 1. The molecule has 0 radical (unpaired) electrons. The molecule has 0 saturated carbocycles. The fourth-order valence-electron chi connectivity index (χ4n) is 2.75. The molecule has 1 aliphatic rings. The van der Waals surface area contributed by atoms with E-state index in [0.29, 0.717) is 11.6 Å². The van der Waals surface area contributed by atoms with Crippen LogP contribution in [-0.4, -0.2) is 62.3 Å². The number of nitrogens with zero attached hydrogens (tertiary/aromatic N) is 2. The van der Waals surface area contributed by atoms with Crippen molar-refractivity contribution in [2.75, 3.05) is 40.3 Å². The highest BCUT2D eigenvalue weighted by atomic mass is 35.5. The zero-order valence-electron chi connectivity index (χ0n) is 14.1. The Labute approximate surface area is 143 Å². The number of hydrogen-bond donors (Lipinski definition) is 1. The first kappa shape index (κ1) is 18.0. The molecular formula is C17H26ClN3O2. The first-order valence-corrected chi connectivity index (χ1v) is 8.46. The number of nitrogens with one attached hydrogen (secondary N) is 1. The second-order valence-corrected chi connectivity index (χ2v) is 6.51. The van der Waals surface area contributed by atoms with Crippen molar-refractivity contribution in [3.8, 4) is 0 Å². The maximum absolute atomic E-state index is 12.4. The molecule has 0 aromatic heterocycles. The Morgan fingerprint density at radius 2 is 2.17 bits per heavy atom. The van der Waals surface area contributed by atoms with Crippen molar-refractivity contribution in [1.82, 2.24) is 15.1 Å². The Balaban J connectivity index is 2.17. The predicted molar refractivity (Wildman–Crippen MR) is 92.9 cm³/mol. The second kappa shape index (κ2) is 8.52. The smallest absolute Gasteiger partial charge is 0.317 e. The lowest BCUT2D eigenvalue weighted by molar-refractivity contribution is -0.0377. The molecule has 1 fully saturated rings. The van der Waals surface area contributed by atoms with Gasteiger partial charge in [-0.25, -0.2) is 4.79 Å². The van der Waals surface area contributed by atoms with Gasteiger partial charge in [-0.3, -0.25) is 0 Å². The van der Waals surface area contributed by atoms with Crippen LogP contribution in [0.2, 0.25) is 5.02 Å². The van der Waals surface area contributed by atoms with Crippen molar-refractivity contribution < 1.29 is 9.53 Å². The normalized spacial score (nSPS) is 20.1. The maximum atomic E-state index is 12.4. The molecule has 128 valence electrons. The van der Waals surface area contributed by atoms with E-state index in [9.17, 15) is 4.79 Å². The summed E-state index contributed by atoms with van der Waals surface area (Å²) in [6.45, 7) is 5.15. The van der Waals surface area contributed by atoms with Gasteiger partial charge < -0.3 is 19.9 Å². The summed E-state index contributed by atoms with van der Waals surface area (Å²) in [7, 11) is 3.88. The number of morpholine rings is 1. The van der Waals surface area contributed by atoms with E-state index < -0.39 is 0 Å². The van der Waals surface area contributed by atoms with Gasteiger partial charge in [0.25, 0.3) is 0 Å². The lowest BCUT2D eigenvalue weighted by atomic mass is 10.00. The molecule has 2 atom stereocenters. The average molecular weight is 340 g/mol. The average Bonchev–Trinajstić information content (AvgIpc) is 2.53. The molecule has 2 rings (SSSR count). The van der Waals surface area contributed by atoms with Gasteiger partial charge in [0.1, 0.15) is 0 Å². The van der Waals surface area contributed by atoms with Crippen molar-refractivity contribution in [3.63, 3.8) is 0 Å². The van der Waals surface area contributed by atoms with Gasteiger partial charge in [0, 0.05) is 31.7 Å². The molecule has 1 heterocycles. The van der Waals surface area contributed by atoms with Gasteiger partial charge in [0.15, 0.2) is 0 Å². The standard InChI is InChI=1S/C17H26ClN3O2/c1-4-9-21(3)17(22)19-16(13-5-7-14(18)8-6-13)15-12-20(2)10-11-23-15/h5-8,15-16H,4,9-12H2,1-3H3,(H,19,22)/t15-,16-/m0/s1. The number of halogens is 1. The van der Waals surface area contributed by atoms with Crippen molar-refractivity contribution in [2.24, 2.45) is 0 Å². The maximum Gasteiger partial charge on any atom is 0.317 e. The molecule has 2 amide bonds. The minimum Gasteiger partial charge on any atom is -0.373 e. The summed E-state index contributed by atoms with van der Waals surface area (Å²) in [4.78, 5) is 16.4. The van der Waals surface area contributed by atoms with E-state index in [1.807, 2.05) is 31.3 Å². The Morgan fingerprint density at radius 1 is 1.48 bits per heavy atom. The summed E-state index contributed by atoms with van der Waals surface area (Å²) >= 11 is 5.99. The number of amides is 2. The lowest BCUT2D eigenvalue weighted by Crippen LogP contribution is -2.50. The Kier molecular flexibility index (Phi) is 6.69. The van der Waals surface area contributed by atoms with E-state index >= 15 is 0 Å². The first-order valence-electron chi connectivity index (χ1n) is 8.08. The summed E-state index contributed by atoms with van der Waals surface area (Å²) < 4.78 is 5.93. The van der Waals surface area contributed by atoms with E-state index in [-0.39, 0.29) is 18.2 Å². The lowest BCUT2D eigenvalue weighted by Gasteiger charge is -2.36. The van der Waals surface area contributed by atoms with Gasteiger partial charge in [-0.15, -0.1) is 0 Å². The number of hydrogen-bond acceptors (Lipinski definition) is 3. The predicted octanol–water partition coefficient (Wildman–Crippen LogP) is 2.76. The minimum atomic E-state index is -0.193. The van der Waals surface area contributed by atoms with Crippen molar-refractivity contribution in [1.29, 1.82) is 0 Å².